The summed E-state index contributed by atoms with van der Waals surface area (Å²) >= 11 is 0. The SMILES string of the molecule is Cc1ccc([C@@]2(NC(=O)c3ccc(O)cn3)CCOc3cccnc32)cc1F. The third kappa shape index (κ3) is 3.05. The van der Waals surface area contributed by atoms with Gasteiger partial charge in [-0.2, -0.15) is 0 Å². The molecule has 4 rings (SSSR count). The molecule has 0 bridgehead atoms. The Balaban J connectivity index is 1.84. The van der Waals surface area contributed by atoms with Crippen LogP contribution in [0.1, 0.15) is 33.7 Å². The number of aromatic hydroxyl groups is 1. The van der Waals surface area contributed by atoms with E-state index in [2.05, 4.69) is 15.3 Å². The number of carbonyl (C=O) groups is 1. The van der Waals surface area contributed by atoms with Crippen molar-refractivity contribution in [2.45, 2.75) is 18.9 Å². The summed E-state index contributed by atoms with van der Waals surface area (Å²) < 4.78 is 20.1. The van der Waals surface area contributed by atoms with E-state index >= 15 is 0 Å². The number of amides is 1. The van der Waals surface area contributed by atoms with Gasteiger partial charge in [-0.25, -0.2) is 9.37 Å². The standard InChI is InChI=1S/C21H18FN3O3/c1-13-4-5-14(11-16(13)22)21(8-10-28-18-3-2-9-23-19(18)21)25-20(27)17-7-6-15(26)12-24-17/h2-7,9,11-12,26H,8,10H2,1H3,(H,25,27)/t21-/m0/s1. The van der Waals surface area contributed by atoms with Crippen LogP contribution >= 0.6 is 0 Å². The molecule has 1 amide bonds. The number of fused-ring (bicyclic) bond motifs is 1. The van der Waals surface area contributed by atoms with Crippen molar-refractivity contribution in [3.05, 3.63) is 83.2 Å². The molecule has 0 saturated carbocycles. The molecule has 1 aliphatic rings. The van der Waals surface area contributed by atoms with E-state index in [0.717, 1.165) is 0 Å². The third-order valence-electron chi connectivity index (χ3n) is 4.88. The summed E-state index contributed by atoms with van der Waals surface area (Å²) in [5.74, 6) is -0.323. The van der Waals surface area contributed by atoms with Crippen molar-refractivity contribution in [2.75, 3.05) is 6.61 Å². The van der Waals surface area contributed by atoms with Crippen LogP contribution in [0.4, 0.5) is 4.39 Å². The van der Waals surface area contributed by atoms with Gasteiger partial charge >= 0.3 is 0 Å². The largest absolute Gasteiger partial charge is 0.506 e. The Morgan fingerprint density at radius 2 is 2.11 bits per heavy atom. The van der Waals surface area contributed by atoms with E-state index in [9.17, 15) is 14.3 Å². The number of aromatic nitrogens is 2. The van der Waals surface area contributed by atoms with Gasteiger partial charge in [0.05, 0.1) is 12.8 Å². The number of benzene rings is 1. The van der Waals surface area contributed by atoms with Crippen molar-refractivity contribution in [3.8, 4) is 11.5 Å². The van der Waals surface area contributed by atoms with Gasteiger partial charge in [0.1, 0.15) is 34.2 Å². The summed E-state index contributed by atoms with van der Waals surface area (Å²) in [7, 11) is 0. The summed E-state index contributed by atoms with van der Waals surface area (Å²) in [4.78, 5) is 21.4. The zero-order chi connectivity index (χ0) is 19.7. The molecule has 0 saturated heterocycles. The molecule has 0 aliphatic carbocycles. The predicted octanol–water partition coefficient (Wildman–Crippen LogP) is 3.09. The Bertz CT molecular complexity index is 1040. The molecule has 1 atom stereocenters. The fourth-order valence-electron chi connectivity index (χ4n) is 3.37. The molecule has 2 N–H and O–H groups in total. The van der Waals surface area contributed by atoms with Crippen LogP contribution in [-0.2, 0) is 5.54 Å². The average molecular weight is 379 g/mol. The third-order valence-corrected chi connectivity index (χ3v) is 4.88. The van der Waals surface area contributed by atoms with Gasteiger partial charge in [-0.1, -0.05) is 12.1 Å². The van der Waals surface area contributed by atoms with Crippen LogP contribution in [0, 0.1) is 12.7 Å². The number of aryl methyl sites for hydroxylation is 1. The maximum Gasteiger partial charge on any atom is 0.270 e. The highest BCUT2D eigenvalue weighted by atomic mass is 19.1. The Morgan fingerprint density at radius 1 is 1.25 bits per heavy atom. The molecule has 142 valence electrons. The summed E-state index contributed by atoms with van der Waals surface area (Å²) in [5.41, 5.74) is 0.662. The Kier molecular flexibility index (Phi) is 4.43. The van der Waals surface area contributed by atoms with Crippen LogP contribution in [0.15, 0.2) is 54.9 Å². The number of hydrogen-bond acceptors (Lipinski definition) is 5. The molecular formula is C21H18FN3O3. The second-order valence-electron chi connectivity index (χ2n) is 6.67. The van der Waals surface area contributed by atoms with Crippen molar-refractivity contribution in [2.24, 2.45) is 0 Å². The lowest BCUT2D eigenvalue weighted by atomic mass is 9.81. The summed E-state index contributed by atoms with van der Waals surface area (Å²) in [5, 5.41) is 12.4. The lowest BCUT2D eigenvalue weighted by Crippen LogP contribution is -2.50. The van der Waals surface area contributed by atoms with E-state index in [1.54, 1.807) is 37.4 Å². The molecule has 3 aromatic rings. The van der Waals surface area contributed by atoms with Gasteiger partial charge in [0.2, 0.25) is 0 Å². The molecule has 1 aliphatic heterocycles. The Labute approximate surface area is 161 Å². The minimum atomic E-state index is -1.07. The molecule has 2 aromatic heterocycles. The zero-order valence-corrected chi connectivity index (χ0v) is 15.1. The molecule has 6 nitrogen and oxygen atoms in total. The van der Waals surface area contributed by atoms with Gasteiger partial charge in [0, 0.05) is 12.6 Å². The van der Waals surface area contributed by atoms with E-state index in [1.807, 2.05) is 0 Å². The van der Waals surface area contributed by atoms with Crippen LogP contribution in [-0.4, -0.2) is 27.6 Å². The molecule has 3 heterocycles. The molecule has 0 unspecified atom stereocenters. The minimum absolute atomic E-state index is 0.0371. The maximum atomic E-state index is 14.4. The highest BCUT2D eigenvalue weighted by Crippen LogP contribution is 2.41. The number of pyridine rings is 2. The second-order valence-corrected chi connectivity index (χ2v) is 6.67. The topological polar surface area (TPSA) is 84.3 Å². The van der Waals surface area contributed by atoms with Gasteiger partial charge in [-0.05, 0) is 48.4 Å². The quantitative estimate of drug-likeness (QED) is 0.731. The first-order chi connectivity index (χ1) is 13.5. The van der Waals surface area contributed by atoms with E-state index in [0.29, 0.717) is 35.6 Å². The van der Waals surface area contributed by atoms with Crippen LogP contribution in [0.3, 0.4) is 0 Å². The summed E-state index contributed by atoms with van der Waals surface area (Å²) in [6, 6.07) is 11.2. The van der Waals surface area contributed by atoms with Crippen LogP contribution in [0.25, 0.3) is 0 Å². The number of nitrogens with zero attached hydrogens (tertiary/aromatic N) is 2. The predicted molar refractivity (Wildman–Crippen MR) is 99.6 cm³/mol. The van der Waals surface area contributed by atoms with E-state index in [-0.39, 0.29) is 17.3 Å². The molecule has 7 heteroatoms. The molecule has 0 radical (unpaired) electrons. The van der Waals surface area contributed by atoms with E-state index in [4.69, 9.17) is 4.74 Å². The second kappa shape index (κ2) is 6.92. The smallest absolute Gasteiger partial charge is 0.270 e. The maximum absolute atomic E-state index is 14.4. The molecule has 0 fully saturated rings. The van der Waals surface area contributed by atoms with Gasteiger partial charge in [-0.3, -0.25) is 9.78 Å². The summed E-state index contributed by atoms with van der Waals surface area (Å²) in [6.07, 6.45) is 3.18. The first-order valence-electron chi connectivity index (χ1n) is 8.82. The lowest BCUT2D eigenvalue weighted by Gasteiger charge is -2.39. The van der Waals surface area contributed by atoms with Gasteiger partial charge in [0.15, 0.2) is 0 Å². The van der Waals surface area contributed by atoms with Gasteiger partial charge in [-0.15, -0.1) is 0 Å². The number of ether oxygens (including phenoxy) is 1. The molecular weight excluding hydrogens is 361 g/mol. The van der Waals surface area contributed by atoms with Crippen LogP contribution in [0.5, 0.6) is 11.5 Å². The fourth-order valence-corrected chi connectivity index (χ4v) is 3.37. The number of hydrogen-bond donors (Lipinski definition) is 2. The van der Waals surface area contributed by atoms with Gasteiger partial charge in [0.25, 0.3) is 5.91 Å². The highest BCUT2D eigenvalue weighted by molar-refractivity contribution is 5.93. The van der Waals surface area contributed by atoms with Crippen molar-refractivity contribution in [3.63, 3.8) is 0 Å². The summed E-state index contributed by atoms with van der Waals surface area (Å²) in [6.45, 7) is 2.01. The van der Waals surface area contributed by atoms with E-state index < -0.39 is 11.4 Å². The first kappa shape index (κ1) is 17.9. The highest BCUT2D eigenvalue weighted by Gasteiger charge is 2.43. The van der Waals surface area contributed by atoms with Gasteiger partial charge < -0.3 is 15.2 Å². The first-order valence-corrected chi connectivity index (χ1v) is 8.82. The fraction of sp³-hybridized carbons (Fsp3) is 0.190. The molecule has 1 aromatic carbocycles. The monoisotopic (exact) mass is 379 g/mol. The lowest BCUT2D eigenvalue weighted by molar-refractivity contribution is 0.0878. The number of nitrogens with one attached hydrogen (secondary N) is 1. The molecule has 0 spiro atoms. The van der Waals surface area contributed by atoms with E-state index in [1.165, 1.54) is 24.4 Å². The van der Waals surface area contributed by atoms with Crippen molar-refractivity contribution >= 4 is 5.91 Å². The van der Waals surface area contributed by atoms with Crippen molar-refractivity contribution in [1.82, 2.24) is 15.3 Å². The number of halogens is 1. The van der Waals surface area contributed by atoms with Crippen LogP contribution in [0.2, 0.25) is 0 Å². The van der Waals surface area contributed by atoms with Crippen molar-refractivity contribution in [1.29, 1.82) is 0 Å². The molecule has 28 heavy (non-hydrogen) atoms. The number of carbonyl (C=O) groups excluding carboxylic acids is 1. The Morgan fingerprint density at radius 3 is 2.86 bits per heavy atom. The average Bonchev–Trinajstić information content (AvgIpc) is 2.70. The Hall–Kier alpha value is -3.48. The number of rotatable bonds is 3. The minimum Gasteiger partial charge on any atom is -0.506 e. The van der Waals surface area contributed by atoms with Crippen LogP contribution < -0.4 is 10.1 Å². The normalized spacial score (nSPS) is 18.1. The van der Waals surface area contributed by atoms with Crippen molar-refractivity contribution < 1.29 is 19.0 Å². The zero-order valence-electron chi connectivity index (χ0n) is 15.1.